The number of benzene rings is 3. The maximum atomic E-state index is 15.7. The lowest BCUT2D eigenvalue weighted by molar-refractivity contribution is -0.172. The number of hydrogen-bond donors (Lipinski definition) is 6. The number of carbonyl (C=O) groups is 7. The number of aryl methyl sites for hydroxylation is 2. The topological polar surface area (TPSA) is 304 Å². The number of cyclic esters (lactones) is 1. The van der Waals surface area contributed by atoms with Crippen molar-refractivity contribution >= 4 is 58.0 Å². The Morgan fingerprint density at radius 2 is 1.59 bits per heavy atom. The Morgan fingerprint density at radius 3 is 2.34 bits per heavy atom. The van der Waals surface area contributed by atoms with Gasteiger partial charge >= 0.3 is 5.97 Å². The third-order valence-corrected chi connectivity index (χ3v) is 20.9. The first-order valence-electron chi connectivity index (χ1n) is 33.7. The molecule has 24 heteroatoms. The maximum absolute atomic E-state index is 15.7. The fourth-order valence-corrected chi connectivity index (χ4v) is 15.3. The summed E-state index contributed by atoms with van der Waals surface area (Å²) in [5.41, 5.74) is 12.3. The average Bonchev–Trinajstić information content (AvgIpc) is 1.62. The van der Waals surface area contributed by atoms with E-state index >= 15 is 4.39 Å². The number of ether oxygens (including phenoxy) is 2. The number of nitrogens with zero attached hydrogens (tertiary/aromatic N) is 7. The Morgan fingerprint density at radius 1 is 0.853 bits per heavy atom. The smallest absolute Gasteiger partial charge is 0.343 e. The predicted octanol–water partition coefficient (Wildman–Crippen LogP) is 6.50. The van der Waals surface area contributed by atoms with Gasteiger partial charge in [0.05, 0.1) is 72.6 Å². The minimum atomic E-state index is -2.06. The van der Waals surface area contributed by atoms with E-state index in [2.05, 4.69) is 31.6 Å². The number of aliphatic hydroxyl groups is 1. The maximum Gasteiger partial charge on any atom is 0.343 e. The SMILES string of the molecule is CC[C@@]1(O)C(=O)OCc2c1cc1n(c2=O)Cc2c-1nc1cc(F)c(C)c3c1c2C(NC(=O)[C@H](CCCCN)NC(=O)[C@@H](NC(=O)CCOCCC(=O)N1CCC2(CCC(C(=O)NCCC(=O)N4Cc5ccccc5-c5c(nnn5C)-c5ccccc54)CC2)CC1)C(C)C)CC3. The second-order valence-electron chi connectivity index (χ2n) is 26.9. The Balaban J connectivity index is 0.595. The van der Waals surface area contributed by atoms with E-state index in [1.54, 1.807) is 43.3 Å². The molecule has 6 aliphatic rings. The van der Waals surface area contributed by atoms with Crippen LogP contribution in [0.25, 0.3) is 44.8 Å². The minimum Gasteiger partial charge on any atom is -0.458 e. The van der Waals surface area contributed by atoms with Gasteiger partial charge in [-0.3, -0.25) is 33.6 Å². The summed E-state index contributed by atoms with van der Waals surface area (Å²) in [5, 5.41) is 33.1. The van der Waals surface area contributed by atoms with Crippen LogP contribution in [0, 0.1) is 30.0 Å². The Bertz CT molecular complexity index is 4090. The summed E-state index contributed by atoms with van der Waals surface area (Å²) < 4.78 is 30.0. The van der Waals surface area contributed by atoms with Crippen molar-refractivity contribution < 1.29 is 52.5 Å². The Kier molecular flexibility index (Phi) is 19.2. The van der Waals surface area contributed by atoms with Crippen molar-refractivity contribution in [2.75, 3.05) is 44.3 Å². The van der Waals surface area contributed by atoms with E-state index in [-0.39, 0.29) is 111 Å². The number of halogens is 1. The van der Waals surface area contributed by atoms with Gasteiger partial charge in [-0.05, 0) is 136 Å². The Hall–Kier alpha value is -8.74. The van der Waals surface area contributed by atoms with Crippen LogP contribution in [0.2, 0.25) is 0 Å². The average molecular weight is 1300 g/mol. The lowest BCUT2D eigenvalue weighted by atomic mass is 9.65. The molecule has 2 aliphatic carbocycles. The molecule has 6 amide bonds. The van der Waals surface area contributed by atoms with Crippen LogP contribution in [-0.4, -0.2) is 127 Å². The number of para-hydroxylation sites is 1. The van der Waals surface area contributed by atoms with Crippen LogP contribution in [0.1, 0.15) is 156 Å². The van der Waals surface area contributed by atoms with E-state index in [1.165, 1.54) is 10.6 Å². The van der Waals surface area contributed by atoms with Crippen molar-refractivity contribution in [1.29, 1.82) is 0 Å². The lowest BCUT2D eigenvalue weighted by Gasteiger charge is -2.45. The zero-order valence-electron chi connectivity index (χ0n) is 54.7. The molecule has 502 valence electrons. The van der Waals surface area contributed by atoms with Gasteiger partial charge in [0.15, 0.2) is 5.60 Å². The molecule has 1 saturated heterocycles. The zero-order valence-corrected chi connectivity index (χ0v) is 54.7. The fourth-order valence-electron chi connectivity index (χ4n) is 15.3. The second kappa shape index (κ2) is 27.5. The fraction of sp³-hybridized carbons (Fsp3) is 0.507. The highest BCUT2D eigenvalue weighted by molar-refractivity contribution is 6.01. The number of amides is 6. The molecule has 3 aromatic heterocycles. The van der Waals surface area contributed by atoms with Gasteiger partial charge in [-0.2, -0.15) is 0 Å². The minimum absolute atomic E-state index is 0.0109. The molecule has 12 rings (SSSR count). The van der Waals surface area contributed by atoms with Crippen molar-refractivity contribution in [2.45, 2.75) is 167 Å². The molecule has 0 bridgehead atoms. The van der Waals surface area contributed by atoms with Crippen LogP contribution in [0.4, 0.5) is 10.1 Å². The lowest BCUT2D eigenvalue weighted by Crippen LogP contribution is -2.55. The van der Waals surface area contributed by atoms with E-state index < -0.39 is 58.8 Å². The van der Waals surface area contributed by atoms with Crippen molar-refractivity contribution in [2.24, 2.45) is 30.0 Å². The second-order valence-corrected chi connectivity index (χ2v) is 26.9. The predicted molar refractivity (Wildman–Crippen MR) is 351 cm³/mol. The van der Waals surface area contributed by atoms with Gasteiger partial charge in [0.1, 0.15) is 30.2 Å². The van der Waals surface area contributed by atoms with Crippen LogP contribution in [0.3, 0.4) is 0 Å². The van der Waals surface area contributed by atoms with Gasteiger partial charge in [-0.25, -0.2) is 18.9 Å². The van der Waals surface area contributed by atoms with E-state index in [4.69, 9.17) is 20.2 Å². The molecule has 2 fully saturated rings. The van der Waals surface area contributed by atoms with Crippen molar-refractivity contribution in [3.05, 3.63) is 116 Å². The molecule has 1 unspecified atom stereocenters. The highest BCUT2D eigenvalue weighted by Gasteiger charge is 2.47. The molecule has 7 N–H and O–H groups in total. The number of fused-ring (bicyclic) bond motifs is 10. The normalized spacial score (nSPS) is 19.0. The number of likely N-dealkylation sites (tertiary alicyclic amines) is 1. The molecule has 23 nitrogen and oxygen atoms in total. The van der Waals surface area contributed by atoms with E-state index in [0.717, 1.165) is 72.2 Å². The number of piperidine rings is 1. The summed E-state index contributed by atoms with van der Waals surface area (Å²) in [6, 6.07) is 15.9. The van der Waals surface area contributed by atoms with Gasteiger partial charge in [0.2, 0.25) is 35.4 Å². The largest absolute Gasteiger partial charge is 0.458 e. The van der Waals surface area contributed by atoms with Gasteiger partial charge in [0.25, 0.3) is 5.56 Å². The first-order valence-corrected chi connectivity index (χ1v) is 33.7. The van der Waals surface area contributed by atoms with Crippen molar-refractivity contribution in [3.8, 4) is 33.9 Å². The number of nitrogens with one attached hydrogen (secondary N) is 4. The number of pyridine rings is 2. The quantitative estimate of drug-likeness (QED) is 0.0331. The molecule has 4 atom stereocenters. The molecular formula is C71H85FN12O11. The highest BCUT2D eigenvalue weighted by atomic mass is 19.1. The summed E-state index contributed by atoms with van der Waals surface area (Å²) in [6.45, 7) is 8.92. The summed E-state index contributed by atoms with van der Waals surface area (Å²) in [5.74, 6) is -3.50. The van der Waals surface area contributed by atoms with Gasteiger partial charge < -0.3 is 55.9 Å². The molecular weight excluding hydrogens is 1220 g/mol. The Labute approximate surface area is 550 Å². The van der Waals surface area contributed by atoms with Crippen LogP contribution < -0.4 is 37.5 Å². The number of rotatable bonds is 21. The highest BCUT2D eigenvalue weighted by Crippen LogP contribution is 2.49. The molecule has 7 heterocycles. The van der Waals surface area contributed by atoms with E-state index in [9.17, 15) is 43.5 Å². The van der Waals surface area contributed by atoms with Gasteiger partial charge in [-0.15, -0.1) is 5.10 Å². The van der Waals surface area contributed by atoms with Crippen LogP contribution in [0.5, 0.6) is 0 Å². The number of esters is 1. The third kappa shape index (κ3) is 12.9. The molecule has 6 aromatic rings. The standard InChI is InChI=1S/C71H85FN12O11/c1-6-71(93)49-35-55-62-47(38-84(55)68(91)48(49)39-95-69(71)92)60-51(19-18-44-41(4)50(72)36-53(75-62)59(44)60)76-66(89)52(16-11-12-29-73)77-67(90)61(40(2)3)78-56(85)23-33-94-34-24-57(86)82-31-27-70(28-32-82)25-20-42(21-26-70)65(88)74-30-22-58(87)83-37-43-13-7-8-14-45(43)64-63(79-80-81(64)5)46-15-9-10-17-54(46)83/h7-10,13-15,17,35-36,40,42,51-52,61,93H,6,11-12,16,18-34,37-39,73H2,1-5H3,(H,74,88)(H,76,89)(H,77,90)(H,78,85)/t51?,52-,61-,71-/m0/s1. The number of hydrogen-bond acceptors (Lipinski definition) is 15. The summed E-state index contributed by atoms with van der Waals surface area (Å²) in [4.78, 5) is 119. The number of carbonyl (C=O) groups excluding carboxylic acids is 7. The molecule has 1 saturated carbocycles. The van der Waals surface area contributed by atoms with E-state index in [1.807, 2.05) is 60.5 Å². The van der Waals surface area contributed by atoms with Crippen LogP contribution >= 0.6 is 0 Å². The number of anilines is 1. The first-order chi connectivity index (χ1) is 45.7. The van der Waals surface area contributed by atoms with Gasteiger partial charge in [-0.1, -0.05) is 68.4 Å². The van der Waals surface area contributed by atoms with Crippen molar-refractivity contribution in [3.63, 3.8) is 0 Å². The van der Waals surface area contributed by atoms with Crippen molar-refractivity contribution in [1.82, 2.24) is 50.7 Å². The molecule has 1 spiro atoms. The third-order valence-electron chi connectivity index (χ3n) is 20.9. The molecule has 95 heavy (non-hydrogen) atoms. The number of aromatic nitrogens is 5. The molecule has 0 radical (unpaired) electrons. The first kappa shape index (κ1) is 66.3. The van der Waals surface area contributed by atoms with Crippen LogP contribution in [0.15, 0.2) is 65.5 Å². The molecule has 3 aromatic carbocycles. The van der Waals surface area contributed by atoms with E-state index in [0.29, 0.717) is 96.5 Å². The number of unbranched alkanes of at least 4 members (excludes halogenated alkanes) is 1. The molecule has 4 aliphatic heterocycles. The summed E-state index contributed by atoms with van der Waals surface area (Å²) in [6.07, 6.45) is 7.16. The zero-order chi connectivity index (χ0) is 67.0. The van der Waals surface area contributed by atoms with Gasteiger partial charge in [0, 0.05) is 79.1 Å². The summed E-state index contributed by atoms with van der Waals surface area (Å²) >= 11 is 0. The summed E-state index contributed by atoms with van der Waals surface area (Å²) in [7, 11) is 1.87. The number of nitrogens with two attached hydrogens (primary N) is 1. The monoisotopic (exact) mass is 1300 g/mol. The van der Waals surface area contributed by atoms with Crippen LogP contribution in [-0.2, 0) is 81.8 Å².